The van der Waals surface area contributed by atoms with Gasteiger partial charge in [0.25, 0.3) is 0 Å². The normalized spacial score (nSPS) is 28.7. The van der Waals surface area contributed by atoms with Gasteiger partial charge in [-0.2, -0.15) is 0 Å². The molecule has 1 saturated heterocycles. The van der Waals surface area contributed by atoms with Gasteiger partial charge in [0, 0.05) is 5.92 Å². The SMILES string of the molecule is CC(CN)(CC1COC1)C1CCCC1. The van der Waals surface area contributed by atoms with E-state index in [2.05, 4.69) is 6.92 Å². The van der Waals surface area contributed by atoms with Gasteiger partial charge in [-0.1, -0.05) is 19.8 Å². The lowest BCUT2D eigenvalue weighted by atomic mass is 9.70. The quantitative estimate of drug-likeness (QED) is 0.749. The maximum absolute atomic E-state index is 5.97. The molecular weight excluding hydrogens is 174 g/mol. The highest BCUT2D eigenvalue weighted by molar-refractivity contribution is 4.89. The van der Waals surface area contributed by atoms with Gasteiger partial charge < -0.3 is 10.5 Å². The summed E-state index contributed by atoms with van der Waals surface area (Å²) in [6, 6.07) is 0. The summed E-state index contributed by atoms with van der Waals surface area (Å²) in [5, 5.41) is 0. The van der Waals surface area contributed by atoms with E-state index in [0.29, 0.717) is 5.41 Å². The van der Waals surface area contributed by atoms with E-state index in [9.17, 15) is 0 Å². The zero-order valence-electron chi connectivity index (χ0n) is 9.30. The Bertz CT molecular complexity index is 185. The van der Waals surface area contributed by atoms with E-state index < -0.39 is 0 Å². The van der Waals surface area contributed by atoms with E-state index in [1.165, 1.54) is 32.1 Å². The van der Waals surface area contributed by atoms with Crippen molar-refractivity contribution >= 4 is 0 Å². The lowest BCUT2D eigenvalue weighted by molar-refractivity contribution is -0.0587. The van der Waals surface area contributed by atoms with E-state index in [4.69, 9.17) is 10.5 Å². The Morgan fingerprint density at radius 1 is 1.29 bits per heavy atom. The molecule has 2 nitrogen and oxygen atoms in total. The molecule has 82 valence electrons. The molecule has 0 aromatic heterocycles. The van der Waals surface area contributed by atoms with Crippen LogP contribution in [-0.4, -0.2) is 19.8 Å². The van der Waals surface area contributed by atoms with Crippen LogP contribution in [0.1, 0.15) is 39.0 Å². The molecular formula is C12H23NO. The molecule has 2 rings (SSSR count). The van der Waals surface area contributed by atoms with Crippen LogP contribution in [0.4, 0.5) is 0 Å². The second-order valence-electron chi connectivity index (χ2n) is 5.45. The second kappa shape index (κ2) is 4.19. The van der Waals surface area contributed by atoms with Crippen molar-refractivity contribution in [3.8, 4) is 0 Å². The zero-order valence-corrected chi connectivity index (χ0v) is 9.30. The second-order valence-corrected chi connectivity index (χ2v) is 5.45. The van der Waals surface area contributed by atoms with Crippen molar-refractivity contribution in [2.45, 2.75) is 39.0 Å². The molecule has 2 N–H and O–H groups in total. The minimum absolute atomic E-state index is 0.394. The third-order valence-corrected chi connectivity index (χ3v) is 4.27. The summed E-state index contributed by atoms with van der Waals surface area (Å²) in [6.45, 7) is 5.19. The summed E-state index contributed by atoms with van der Waals surface area (Å²) in [5.41, 5.74) is 6.37. The maximum Gasteiger partial charge on any atom is 0.0516 e. The fourth-order valence-corrected chi connectivity index (χ4v) is 3.10. The maximum atomic E-state index is 5.97. The van der Waals surface area contributed by atoms with Crippen LogP contribution in [0.2, 0.25) is 0 Å². The summed E-state index contributed by atoms with van der Waals surface area (Å²) in [5.74, 6) is 1.68. The Labute approximate surface area is 87.2 Å². The number of rotatable bonds is 4. The molecule has 1 aliphatic carbocycles. The van der Waals surface area contributed by atoms with Crippen molar-refractivity contribution in [2.75, 3.05) is 19.8 Å². The van der Waals surface area contributed by atoms with Gasteiger partial charge in [0.05, 0.1) is 13.2 Å². The highest BCUT2D eigenvalue weighted by Gasteiger charge is 2.38. The molecule has 1 heterocycles. The average Bonchev–Trinajstić information content (AvgIpc) is 2.64. The van der Waals surface area contributed by atoms with Crippen molar-refractivity contribution < 1.29 is 4.74 Å². The smallest absolute Gasteiger partial charge is 0.0516 e. The third kappa shape index (κ3) is 1.96. The van der Waals surface area contributed by atoms with E-state index in [1.807, 2.05) is 0 Å². The Hall–Kier alpha value is -0.0800. The first-order chi connectivity index (χ1) is 6.74. The van der Waals surface area contributed by atoms with Crippen LogP contribution in [0.3, 0.4) is 0 Å². The van der Waals surface area contributed by atoms with E-state index in [-0.39, 0.29) is 0 Å². The highest BCUT2D eigenvalue weighted by atomic mass is 16.5. The summed E-state index contributed by atoms with van der Waals surface area (Å²) in [4.78, 5) is 0. The lowest BCUT2D eigenvalue weighted by Gasteiger charge is -2.40. The van der Waals surface area contributed by atoms with Crippen molar-refractivity contribution in [1.82, 2.24) is 0 Å². The predicted octanol–water partition coefficient (Wildman–Crippen LogP) is 2.18. The predicted molar refractivity (Wildman–Crippen MR) is 58.0 cm³/mol. The first-order valence-corrected chi connectivity index (χ1v) is 6.02. The first-order valence-electron chi connectivity index (χ1n) is 6.02. The number of nitrogens with two attached hydrogens (primary N) is 1. The van der Waals surface area contributed by atoms with Gasteiger partial charge in [-0.3, -0.25) is 0 Å². The summed E-state index contributed by atoms with van der Waals surface area (Å²) >= 11 is 0. The van der Waals surface area contributed by atoms with E-state index in [1.54, 1.807) is 0 Å². The Morgan fingerprint density at radius 3 is 2.36 bits per heavy atom. The number of hydrogen-bond acceptors (Lipinski definition) is 2. The van der Waals surface area contributed by atoms with Gasteiger partial charge in [0.1, 0.15) is 0 Å². The molecule has 1 unspecified atom stereocenters. The number of hydrogen-bond donors (Lipinski definition) is 1. The van der Waals surface area contributed by atoms with Crippen molar-refractivity contribution in [2.24, 2.45) is 23.0 Å². The molecule has 2 fully saturated rings. The molecule has 0 bridgehead atoms. The molecule has 2 aliphatic rings. The molecule has 1 saturated carbocycles. The highest BCUT2D eigenvalue weighted by Crippen LogP contribution is 2.44. The molecule has 0 amide bonds. The topological polar surface area (TPSA) is 35.2 Å². The van der Waals surface area contributed by atoms with Crippen LogP contribution in [-0.2, 0) is 4.74 Å². The Morgan fingerprint density at radius 2 is 1.93 bits per heavy atom. The molecule has 1 aliphatic heterocycles. The van der Waals surface area contributed by atoms with Gasteiger partial charge in [-0.25, -0.2) is 0 Å². The molecule has 14 heavy (non-hydrogen) atoms. The summed E-state index contributed by atoms with van der Waals surface area (Å²) < 4.78 is 5.25. The van der Waals surface area contributed by atoms with Crippen molar-refractivity contribution in [3.63, 3.8) is 0 Å². The van der Waals surface area contributed by atoms with Crippen molar-refractivity contribution in [1.29, 1.82) is 0 Å². The fourth-order valence-electron chi connectivity index (χ4n) is 3.10. The van der Waals surface area contributed by atoms with Gasteiger partial charge in [0.2, 0.25) is 0 Å². The molecule has 0 spiro atoms. The molecule has 2 heteroatoms. The summed E-state index contributed by atoms with van der Waals surface area (Å²) in [7, 11) is 0. The minimum Gasteiger partial charge on any atom is -0.381 e. The molecule has 1 atom stereocenters. The van der Waals surface area contributed by atoms with Crippen molar-refractivity contribution in [3.05, 3.63) is 0 Å². The third-order valence-electron chi connectivity index (χ3n) is 4.27. The number of ether oxygens (including phenoxy) is 1. The zero-order chi connectivity index (χ0) is 10.0. The Balaban J connectivity index is 1.92. The van der Waals surface area contributed by atoms with E-state index >= 15 is 0 Å². The average molecular weight is 197 g/mol. The van der Waals surface area contributed by atoms with Crippen LogP contribution < -0.4 is 5.73 Å². The van der Waals surface area contributed by atoms with Gasteiger partial charge in [-0.15, -0.1) is 0 Å². The monoisotopic (exact) mass is 197 g/mol. The van der Waals surface area contributed by atoms with Crippen LogP contribution in [0.25, 0.3) is 0 Å². The molecule has 0 radical (unpaired) electrons. The minimum atomic E-state index is 0.394. The standard InChI is InChI=1S/C12H23NO/c1-12(9-13,6-10-7-14-8-10)11-4-2-3-5-11/h10-11H,2-9,13H2,1H3. The van der Waals surface area contributed by atoms with Crippen LogP contribution in [0.5, 0.6) is 0 Å². The van der Waals surface area contributed by atoms with Gasteiger partial charge in [0.15, 0.2) is 0 Å². The van der Waals surface area contributed by atoms with Crippen LogP contribution in [0, 0.1) is 17.3 Å². The van der Waals surface area contributed by atoms with Gasteiger partial charge in [-0.05, 0) is 37.1 Å². The first kappa shape index (κ1) is 10.4. The van der Waals surface area contributed by atoms with E-state index in [0.717, 1.165) is 31.6 Å². The Kier molecular flexibility index (Phi) is 3.13. The largest absolute Gasteiger partial charge is 0.381 e. The fraction of sp³-hybridized carbons (Fsp3) is 1.00. The lowest BCUT2D eigenvalue weighted by Crippen LogP contribution is -2.40. The van der Waals surface area contributed by atoms with Crippen LogP contribution in [0.15, 0.2) is 0 Å². The molecule has 0 aromatic carbocycles. The van der Waals surface area contributed by atoms with Gasteiger partial charge >= 0.3 is 0 Å². The van der Waals surface area contributed by atoms with Crippen LogP contribution >= 0.6 is 0 Å². The summed E-state index contributed by atoms with van der Waals surface area (Å²) in [6.07, 6.45) is 6.93. The molecule has 0 aromatic rings.